The summed E-state index contributed by atoms with van der Waals surface area (Å²) in [5.74, 6) is 0.347. The Hall–Kier alpha value is -0.610. The second-order valence-corrected chi connectivity index (χ2v) is 5.91. The average Bonchev–Trinajstić information content (AvgIpc) is 2.95. The molecule has 0 aromatic carbocycles. The normalized spacial score (nSPS) is 24.9. The van der Waals surface area contributed by atoms with Crippen LogP contribution in [0, 0.1) is 0 Å². The minimum Gasteiger partial charge on any atom is -0.342 e. The topological polar surface area (TPSA) is 35.6 Å². The molecular weight excluding hydrogens is 238 g/mol. The van der Waals surface area contributed by atoms with Gasteiger partial charge in [-0.15, -0.1) is 0 Å². The number of nitrogens with one attached hydrogen (secondary N) is 1. The van der Waals surface area contributed by atoms with Gasteiger partial charge in [0.05, 0.1) is 6.54 Å². The smallest absolute Gasteiger partial charge is 0.236 e. The van der Waals surface area contributed by atoms with Crippen LogP contribution in [0.3, 0.4) is 0 Å². The number of likely N-dealkylation sites (tertiary alicyclic amines) is 2. The molecule has 2 fully saturated rings. The summed E-state index contributed by atoms with van der Waals surface area (Å²) in [6.45, 7) is 8.02. The van der Waals surface area contributed by atoms with E-state index < -0.39 is 0 Å². The van der Waals surface area contributed by atoms with Crippen molar-refractivity contribution in [1.29, 1.82) is 0 Å². The number of hydrogen-bond acceptors (Lipinski definition) is 3. The Morgan fingerprint density at radius 2 is 1.89 bits per heavy atom. The molecule has 2 aliphatic rings. The maximum absolute atomic E-state index is 12.3. The predicted molar refractivity (Wildman–Crippen MR) is 78.2 cm³/mol. The fourth-order valence-corrected chi connectivity index (χ4v) is 3.19. The van der Waals surface area contributed by atoms with Crippen LogP contribution in [-0.4, -0.2) is 61.0 Å². The molecule has 2 aliphatic heterocycles. The minimum absolute atomic E-state index is 0.347. The molecule has 0 aromatic rings. The second kappa shape index (κ2) is 7.85. The first-order valence-electron chi connectivity index (χ1n) is 8.04. The van der Waals surface area contributed by atoms with Crippen molar-refractivity contribution in [3.63, 3.8) is 0 Å². The summed E-state index contributed by atoms with van der Waals surface area (Å²) in [5, 5.41) is 3.51. The number of piperidine rings is 1. The van der Waals surface area contributed by atoms with Crippen molar-refractivity contribution < 1.29 is 4.79 Å². The van der Waals surface area contributed by atoms with Crippen LogP contribution in [0.25, 0.3) is 0 Å². The first-order chi connectivity index (χ1) is 9.31. The van der Waals surface area contributed by atoms with Crippen LogP contribution >= 0.6 is 0 Å². The third kappa shape index (κ3) is 4.46. The molecule has 0 bridgehead atoms. The lowest BCUT2D eigenvalue weighted by Crippen LogP contribution is -2.49. The van der Waals surface area contributed by atoms with Gasteiger partial charge in [0, 0.05) is 25.7 Å². The van der Waals surface area contributed by atoms with Gasteiger partial charge in [0.1, 0.15) is 0 Å². The van der Waals surface area contributed by atoms with Crippen molar-refractivity contribution in [3.8, 4) is 0 Å². The van der Waals surface area contributed by atoms with Gasteiger partial charge in [-0.2, -0.15) is 0 Å². The number of amides is 1. The third-order valence-corrected chi connectivity index (χ3v) is 4.35. The van der Waals surface area contributed by atoms with Crippen LogP contribution in [0.15, 0.2) is 0 Å². The molecule has 0 radical (unpaired) electrons. The molecule has 1 amide bonds. The standard InChI is InChI=1S/C15H29N3O/c1-2-8-16-12-14-7-3-4-11-18(14)13-15(19)17-9-5-6-10-17/h14,16H,2-13H2,1H3. The van der Waals surface area contributed by atoms with Crippen molar-refractivity contribution in [1.82, 2.24) is 15.1 Å². The SMILES string of the molecule is CCCNCC1CCCCN1CC(=O)N1CCCC1. The average molecular weight is 267 g/mol. The van der Waals surface area contributed by atoms with Crippen LogP contribution in [0.5, 0.6) is 0 Å². The van der Waals surface area contributed by atoms with Crippen LogP contribution < -0.4 is 5.32 Å². The molecule has 0 aliphatic carbocycles. The van der Waals surface area contributed by atoms with E-state index in [1.54, 1.807) is 0 Å². The van der Waals surface area contributed by atoms with Crippen LogP contribution in [-0.2, 0) is 4.79 Å². The van der Waals surface area contributed by atoms with Crippen molar-refractivity contribution >= 4 is 5.91 Å². The Balaban J connectivity index is 1.79. The lowest BCUT2D eigenvalue weighted by molar-refractivity contribution is -0.132. The molecule has 19 heavy (non-hydrogen) atoms. The van der Waals surface area contributed by atoms with E-state index in [9.17, 15) is 4.79 Å². The van der Waals surface area contributed by atoms with Gasteiger partial charge in [0.25, 0.3) is 0 Å². The van der Waals surface area contributed by atoms with E-state index in [2.05, 4.69) is 17.1 Å². The van der Waals surface area contributed by atoms with E-state index in [0.29, 0.717) is 18.5 Å². The molecular formula is C15H29N3O. The molecule has 4 heteroatoms. The van der Waals surface area contributed by atoms with Crippen molar-refractivity contribution in [2.24, 2.45) is 0 Å². The number of nitrogens with zero attached hydrogens (tertiary/aromatic N) is 2. The zero-order valence-electron chi connectivity index (χ0n) is 12.4. The van der Waals surface area contributed by atoms with Gasteiger partial charge >= 0.3 is 0 Å². The van der Waals surface area contributed by atoms with Crippen molar-refractivity contribution in [3.05, 3.63) is 0 Å². The Morgan fingerprint density at radius 3 is 2.63 bits per heavy atom. The van der Waals surface area contributed by atoms with Gasteiger partial charge in [0.2, 0.25) is 5.91 Å². The number of hydrogen-bond donors (Lipinski definition) is 1. The fourth-order valence-electron chi connectivity index (χ4n) is 3.19. The summed E-state index contributed by atoms with van der Waals surface area (Å²) < 4.78 is 0. The van der Waals surface area contributed by atoms with Crippen LogP contribution in [0.4, 0.5) is 0 Å². The first kappa shape index (κ1) is 14.8. The maximum Gasteiger partial charge on any atom is 0.236 e. The Morgan fingerprint density at radius 1 is 1.16 bits per heavy atom. The largest absolute Gasteiger partial charge is 0.342 e. The summed E-state index contributed by atoms with van der Waals surface area (Å²) in [6, 6.07) is 0.562. The highest BCUT2D eigenvalue weighted by molar-refractivity contribution is 5.78. The van der Waals surface area contributed by atoms with E-state index in [0.717, 1.165) is 32.7 Å². The van der Waals surface area contributed by atoms with Gasteiger partial charge in [-0.05, 0) is 45.2 Å². The van der Waals surface area contributed by atoms with E-state index >= 15 is 0 Å². The molecule has 1 N–H and O–H groups in total. The van der Waals surface area contributed by atoms with Crippen molar-refractivity contribution in [2.75, 3.05) is 39.3 Å². The highest BCUT2D eigenvalue weighted by Crippen LogP contribution is 2.17. The molecule has 0 saturated carbocycles. The number of carbonyl (C=O) groups is 1. The molecule has 1 atom stereocenters. The molecule has 1 unspecified atom stereocenters. The maximum atomic E-state index is 12.3. The molecule has 0 aromatic heterocycles. The van der Waals surface area contributed by atoms with E-state index in [4.69, 9.17) is 0 Å². The summed E-state index contributed by atoms with van der Waals surface area (Å²) in [6.07, 6.45) is 7.36. The lowest BCUT2D eigenvalue weighted by Gasteiger charge is -2.36. The zero-order chi connectivity index (χ0) is 13.5. The van der Waals surface area contributed by atoms with E-state index in [1.807, 2.05) is 4.90 Å². The molecule has 110 valence electrons. The fraction of sp³-hybridized carbons (Fsp3) is 0.933. The molecule has 0 spiro atoms. The Kier molecular flexibility index (Phi) is 6.11. The summed E-state index contributed by atoms with van der Waals surface area (Å²) >= 11 is 0. The number of carbonyl (C=O) groups excluding carboxylic acids is 1. The molecule has 2 heterocycles. The Labute approximate surface area is 117 Å². The molecule has 4 nitrogen and oxygen atoms in total. The van der Waals surface area contributed by atoms with Gasteiger partial charge in [0.15, 0.2) is 0 Å². The summed E-state index contributed by atoms with van der Waals surface area (Å²) in [7, 11) is 0. The second-order valence-electron chi connectivity index (χ2n) is 5.91. The monoisotopic (exact) mass is 267 g/mol. The lowest BCUT2D eigenvalue weighted by atomic mass is 10.0. The van der Waals surface area contributed by atoms with E-state index in [-0.39, 0.29) is 0 Å². The van der Waals surface area contributed by atoms with Crippen LogP contribution in [0.1, 0.15) is 45.4 Å². The third-order valence-electron chi connectivity index (χ3n) is 4.35. The van der Waals surface area contributed by atoms with E-state index in [1.165, 1.54) is 38.5 Å². The zero-order valence-corrected chi connectivity index (χ0v) is 12.4. The predicted octanol–water partition coefficient (Wildman–Crippen LogP) is 1.46. The van der Waals surface area contributed by atoms with Crippen LogP contribution in [0.2, 0.25) is 0 Å². The highest BCUT2D eigenvalue weighted by atomic mass is 16.2. The Bertz CT molecular complexity index is 277. The van der Waals surface area contributed by atoms with Gasteiger partial charge < -0.3 is 10.2 Å². The van der Waals surface area contributed by atoms with Crippen molar-refractivity contribution in [2.45, 2.75) is 51.5 Å². The molecule has 2 saturated heterocycles. The minimum atomic E-state index is 0.347. The highest BCUT2D eigenvalue weighted by Gasteiger charge is 2.26. The summed E-state index contributed by atoms with van der Waals surface area (Å²) in [4.78, 5) is 16.7. The molecule has 2 rings (SSSR count). The van der Waals surface area contributed by atoms with Gasteiger partial charge in [-0.1, -0.05) is 13.3 Å². The van der Waals surface area contributed by atoms with Gasteiger partial charge in [-0.3, -0.25) is 9.69 Å². The quantitative estimate of drug-likeness (QED) is 0.740. The van der Waals surface area contributed by atoms with Gasteiger partial charge in [-0.25, -0.2) is 0 Å². The number of rotatable bonds is 6. The first-order valence-corrected chi connectivity index (χ1v) is 8.04. The summed E-state index contributed by atoms with van der Waals surface area (Å²) in [5.41, 5.74) is 0.